The van der Waals surface area contributed by atoms with Gasteiger partial charge in [0.15, 0.2) is 0 Å². The van der Waals surface area contributed by atoms with Gasteiger partial charge in [-0.3, -0.25) is 9.55 Å². The van der Waals surface area contributed by atoms with Gasteiger partial charge in [0, 0.05) is 27.9 Å². The van der Waals surface area contributed by atoms with Crippen molar-refractivity contribution in [3.8, 4) is 17.1 Å². The van der Waals surface area contributed by atoms with E-state index in [9.17, 15) is 4.39 Å². The van der Waals surface area contributed by atoms with Gasteiger partial charge in [0.25, 0.3) is 0 Å². The zero-order chi connectivity index (χ0) is 22.8. The van der Waals surface area contributed by atoms with Crippen molar-refractivity contribution in [1.29, 1.82) is 0 Å². The predicted octanol–water partition coefficient (Wildman–Crippen LogP) is 7.59. The minimum absolute atomic E-state index is 0.321. The maximum Gasteiger partial charge on any atom is 0.149 e. The molecule has 3 heterocycles. The molecule has 0 spiro atoms. The molecular formula is C29H18FN3O. The Morgan fingerprint density at radius 3 is 2.44 bits per heavy atom. The lowest BCUT2D eigenvalue weighted by Gasteiger charge is -2.11. The second kappa shape index (κ2) is 6.99. The van der Waals surface area contributed by atoms with Crippen LogP contribution in [-0.4, -0.2) is 14.5 Å². The third-order valence-corrected chi connectivity index (χ3v) is 6.38. The van der Waals surface area contributed by atoms with Crippen molar-refractivity contribution in [2.75, 3.05) is 0 Å². The summed E-state index contributed by atoms with van der Waals surface area (Å²) in [4.78, 5) is 9.92. The number of aryl methyl sites for hydroxylation is 1. The molecule has 0 unspecified atom stereocenters. The number of halogens is 1. The molecule has 5 heteroatoms. The van der Waals surface area contributed by atoms with Crippen LogP contribution in [-0.2, 0) is 0 Å². The average Bonchev–Trinajstić information content (AvgIpc) is 3.44. The molecule has 0 atom stereocenters. The molecule has 3 aromatic heterocycles. The third-order valence-electron chi connectivity index (χ3n) is 6.38. The van der Waals surface area contributed by atoms with Crippen LogP contribution < -0.4 is 0 Å². The first-order valence-electron chi connectivity index (χ1n) is 11.1. The fraction of sp³-hybridized carbons (Fsp3) is 0.0345. The van der Waals surface area contributed by atoms with E-state index in [1.807, 2.05) is 61.5 Å². The molecule has 34 heavy (non-hydrogen) atoms. The summed E-state index contributed by atoms with van der Waals surface area (Å²) in [6.07, 6.45) is 0. The Hall–Kier alpha value is -4.51. The molecular weight excluding hydrogens is 425 g/mol. The first-order chi connectivity index (χ1) is 16.7. The number of benzene rings is 4. The second-order valence-corrected chi connectivity index (χ2v) is 8.44. The monoisotopic (exact) mass is 443 g/mol. The van der Waals surface area contributed by atoms with Gasteiger partial charge in [-0.15, -0.1) is 0 Å². The molecule has 7 aromatic rings. The van der Waals surface area contributed by atoms with Crippen LogP contribution in [0.3, 0.4) is 0 Å². The van der Waals surface area contributed by atoms with Crippen molar-refractivity contribution < 1.29 is 8.81 Å². The highest BCUT2D eigenvalue weighted by Crippen LogP contribution is 2.39. The molecule has 0 saturated heterocycles. The van der Waals surface area contributed by atoms with Crippen molar-refractivity contribution in [1.82, 2.24) is 14.5 Å². The first-order valence-corrected chi connectivity index (χ1v) is 11.1. The van der Waals surface area contributed by atoms with Crippen LogP contribution in [0.5, 0.6) is 0 Å². The Morgan fingerprint density at radius 2 is 1.56 bits per heavy atom. The summed E-state index contributed by atoms with van der Waals surface area (Å²) in [5, 5.41) is 2.84. The summed E-state index contributed by atoms with van der Waals surface area (Å²) < 4.78 is 22.3. The van der Waals surface area contributed by atoms with Gasteiger partial charge in [0.2, 0.25) is 0 Å². The average molecular weight is 443 g/mol. The molecule has 7 rings (SSSR count). The Morgan fingerprint density at radius 1 is 0.765 bits per heavy atom. The first kappa shape index (κ1) is 19.0. The quantitative estimate of drug-likeness (QED) is 0.276. The van der Waals surface area contributed by atoms with Gasteiger partial charge in [-0.25, -0.2) is 9.37 Å². The number of aromatic nitrogens is 3. The van der Waals surface area contributed by atoms with Gasteiger partial charge in [-0.2, -0.15) is 0 Å². The van der Waals surface area contributed by atoms with E-state index in [0.717, 1.165) is 55.5 Å². The zero-order valence-corrected chi connectivity index (χ0v) is 18.3. The fourth-order valence-electron chi connectivity index (χ4n) is 4.88. The lowest BCUT2D eigenvalue weighted by atomic mass is 10.1. The Kier molecular flexibility index (Phi) is 3.91. The normalized spacial score (nSPS) is 11.8. The molecule has 0 saturated carbocycles. The second-order valence-electron chi connectivity index (χ2n) is 8.44. The van der Waals surface area contributed by atoms with Crippen molar-refractivity contribution in [2.45, 2.75) is 6.92 Å². The van der Waals surface area contributed by atoms with Gasteiger partial charge in [0.1, 0.15) is 28.3 Å². The van der Waals surface area contributed by atoms with Crippen LogP contribution in [0.4, 0.5) is 4.39 Å². The molecule has 4 aromatic carbocycles. The zero-order valence-electron chi connectivity index (χ0n) is 18.3. The number of pyridine rings is 1. The summed E-state index contributed by atoms with van der Waals surface area (Å²) in [7, 11) is 0. The molecule has 0 bridgehead atoms. The van der Waals surface area contributed by atoms with Gasteiger partial charge in [-0.1, -0.05) is 48.5 Å². The van der Waals surface area contributed by atoms with E-state index in [1.165, 1.54) is 12.1 Å². The summed E-state index contributed by atoms with van der Waals surface area (Å²) in [6.45, 7) is 1.99. The van der Waals surface area contributed by atoms with E-state index in [0.29, 0.717) is 11.2 Å². The van der Waals surface area contributed by atoms with Crippen LogP contribution in [0, 0.1) is 12.7 Å². The lowest BCUT2D eigenvalue weighted by Crippen LogP contribution is -1.98. The highest BCUT2D eigenvalue weighted by Gasteiger charge is 2.22. The molecule has 0 radical (unpaired) electrons. The number of rotatable bonds is 2. The van der Waals surface area contributed by atoms with Gasteiger partial charge >= 0.3 is 0 Å². The minimum Gasteiger partial charge on any atom is -0.455 e. The van der Waals surface area contributed by atoms with Crippen LogP contribution in [0.15, 0.2) is 95.4 Å². The fourth-order valence-corrected chi connectivity index (χ4v) is 4.88. The number of hydrogen-bond donors (Lipinski definition) is 0. The molecule has 0 N–H and O–H groups in total. The lowest BCUT2D eigenvalue weighted by molar-refractivity contribution is 0.618. The molecule has 162 valence electrons. The Labute approximate surface area is 193 Å². The van der Waals surface area contributed by atoms with Gasteiger partial charge < -0.3 is 4.42 Å². The van der Waals surface area contributed by atoms with Crippen molar-refractivity contribution >= 4 is 43.9 Å². The van der Waals surface area contributed by atoms with Crippen LogP contribution >= 0.6 is 0 Å². The van der Waals surface area contributed by atoms with Crippen LogP contribution in [0.2, 0.25) is 0 Å². The van der Waals surface area contributed by atoms with Crippen molar-refractivity contribution in [3.05, 3.63) is 103 Å². The maximum atomic E-state index is 13.9. The maximum absolute atomic E-state index is 13.9. The van der Waals surface area contributed by atoms with E-state index in [2.05, 4.69) is 22.8 Å². The topological polar surface area (TPSA) is 43.9 Å². The molecule has 0 aliphatic carbocycles. The number of para-hydroxylation sites is 3. The van der Waals surface area contributed by atoms with Crippen LogP contribution in [0.25, 0.3) is 61.0 Å². The molecule has 0 fully saturated rings. The standard InChI is InChI=1S/C29H18FN3O/c1-17-26-27(22-10-5-6-13-24(22)31-17)33(19-8-3-2-4-9-19)29(32-26)23-12-7-11-21-20-15-14-18(30)16-25(20)34-28(21)23/h2-16H,1H3. The molecule has 4 nitrogen and oxygen atoms in total. The third kappa shape index (κ3) is 2.64. The highest BCUT2D eigenvalue weighted by atomic mass is 19.1. The van der Waals surface area contributed by atoms with E-state index >= 15 is 0 Å². The number of hydrogen-bond acceptors (Lipinski definition) is 3. The Balaban J connectivity index is 1.67. The summed E-state index contributed by atoms with van der Waals surface area (Å²) >= 11 is 0. The number of furan rings is 1. The predicted molar refractivity (Wildman–Crippen MR) is 134 cm³/mol. The minimum atomic E-state index is -0.321. The van der Waals surface area contributed by atoms with E-state index in [1.54, 1.807) is 6.07 Å². The van der Waals surface area contributed by atoms with Crippen LogP contribution in [0.1, 0.15) is 5.69 Å². The van der Waals surface area contributed by atoms with E-state index in [-0.39, 0.29) is 5.82 Å². The summed E-state index contributed by atoms with van der Waals surface area (Å²) in [6, 6.07) is 29.0. The van der Waals surface area contributed by atoms with E-state index in [4.69, 9.17) is 14.4 Å². The number of nitrogens with zero attached hydrogens (tertiary/aromatic N) is 3. The molecule has 0 aliphatic rings. The van der Waals surface area contributed by atoms with Crippen molar-refractivity contribution in [2.24, 2.45) is 0 Å². The molecule has 0 amide bonds. The molecule has 0 aliphatic heterocycles. The van der Waals surface area contributed by atoms with E-state index < -0.39 is 0 Å². The summed E-state index contributed by atoms with van der Waals surface area (Å²) in [5.41, 5.74) is 6.68. The van der Waals surface area contributed by atoms with Gasteiger partial charge in [0.05, 0.1) is 22.3 Å². The summed E-state index contributed by atoms with van der Waals surface area (Å²) in [5.74, 6) is 0.436. The number of fused-ring (bicyclic) bond motifs is 6. The SMILES string of the molecule is Cc1nc2ccccc2c2c1nc(-c1cccc3c1oc1cc(F)ccc13)n2-c1ccccc1. The smallest absolute Gasteiger partial charge is 0.149 e. The largest absolute Gasteiger partial charge is 0.455 e. The van der Waals surface area contributed by atoms with Gasteiger partial charge in [-0.05, 0) is 43.3 Å². The number of imidazole rings is 1. The van der Waals surface area contributed by atoms with Crippen molar-refractivity contribution in [3.63, 3.8) is 0 Å². The Bertz CT molecular complexity index is 1880. The highest BCUT2D eigenvalue weighted by molar-refractivity contribution is 6.11.